The summed E-state index contributed by atoms with van der Waals surface area (Å²) in [4.78, 5) is 0.172. The number of hydrogen-bond donors (Lipinski definition) is 1. The second kappa shape index (κ2) is 6.55. The van der Waals surface area contributed by atoms with E-state index >= 15 is 0 Å². The fraction of sp³-hybridized carbons (Fsp3) is 0.333. The lowest BCUT2D eigenvalue weighted by atomic mass is 9.83. The second-order valence-electron chi connectivity index (χ2n) is 6.44. The van der Waals surface area contributed by atoms with Gasteiger partial charge in [-0.3, -0.25) is 0 Å². The van der Waals surface area contributed by atoms with Crippen molar-refractivity contribution >= 4 is 19.7 Å². The lowest BCUT2D eigenvalue weighted by molar-refractivity contribution is 0.558. The zero-order valence-electron chi connectivity index (χ0n) is 14.0. The van der Waals surface area contributed by atoms with Crippen LogP contribution in [0.5, 0.6) is 0 Å². The van der Waals surface area contributed by atoms with Crippen molar-refractivity contribution in [3.05, 3.63) is 53.6 Å². The Morgan fingerprint density at radius 2 is 1.68 bits per heavy atom. The van der Waals surface area contributed by atoms with E-state index in [-0.39, 0.29) is 20.6 Å². The highest BCUT2D eigenvalue weighted by molar-refractivity contribution is 7.92. The van der Waals surface area contributed by atoms with Crippen molar-refractivity contribution in [3.8, 4) is 0 Å². The van der Waals surface area contributed by atoms with E-state index in [4.69, 9.17) is 5.73 Å². The molecule has 0 heterocycles. The molecule has 0 saturated heterocycles. The SMILES string of the molecule is CS(=O)(=O)c1cccc(S(=O)(=O)c2ccc3c(c2)CCC[C@H]3CN)c1. The van der Waals surface area contributed by atoms with Crippen molar-refractivity contribution in [2.45, 2.75) is 39.9 Å². The van der Waals surface area contributed by atoms with Crippen molar-refractivity contribution < 1.29 is 16.8 Å². The molecule has 3 rings (SSSR count). The van der Waals surface area contributed by atoms with Gasteiger partial charge in [0.25, 0.3) is 0 Å². The van der Waals surface area contributed by atoms with Crippen LogP contribution >= 0.6 is 0 Å². The number of sulfone groups is 2. The summed E-state index contributed by atoms with van der Waals surface area (Å²) in [5.41, 5.74) is 7.95. The fourth-order valence-electron chi connectivity index (χ4n) is 3.31. The van der Waals surface area contributed by atoms with Crippen LogP contribution in [-0.2, 0) is 26.1 Å². The molecule has 134 valence electrons. The Labute approximate surface area is 148 Å². The van der Waals surface area contributed by atoms with E-state index < -0.39 is 19.7 Å². The first kappa shape index (κ1) is 18.1. The van der Waals surface area contributed by atoms with Crippen LogP contribution in [0.3, 0.4) is 0 Å². The highest BCUT2D eigenvalue weighted by Crippen LogP contribution is 2.33. The van der Waals surface area contributed by atoms with Gasteiger partial charge in [-0.05, 0) is 73.2 Å². The fourth-order valence-corrected chi connectivity index (χ4v) is 5.41. The summed E-state index contributed by atoms with van der Waals surface area (Å²) >= 11 is 0. The molecule has 0 amide bonds. The van der Waals surface area contributed by atoms with Crippen molar-refractivity contribution in [2.24, 2.45) is 5.73 Å². The van der Waals surface area contributed by atoms with E-state index in [1.165, 1.54) is 24.3 Å². The molecule has 25 heavy (non-hydrogen) atoms. The van der Waals surface area contributed by atoms with Crippen LogP contribution in [0.1, 0.15) is 29.9 Å². The van der Waals surface area contributed by atoms with Gasteiger partial charge < -0.3 is 5.73 Å². The van der Waals surface area contributed by atoms with Crippen molar-refractivity contribution in [1.29, 1.82) is 0 Å². The van der Waals surface area contributed by atoms with Gasteiger partial charge in [-0.25, -0.2) is 16.8 Å². The minimum Gasteiger partial charge on any atom is -0.330 e. The third-order valence-corrected chi connectivity index (χ3v) is 7.55. The standard InChI is InChI=1S/C18H21NO4S2/c1-24(20,21)15-6-3-7-16(11-15)25(22,23)17-8-9-18-13(10-17)4-2-5-14(18)12-19/h3,6-11,14H,2,4-5,12,19H2,1H3/t14-/m0/s1. The highest BCUT2D eigenvalue weighted by Gasteiger charge is 2.24. The van der Waals surface area contributed by atoms with Gasteiger partial charge in [-0.1, -0.05) is 12.1 Å². The Bertz CT molecular complexity index is 1010. The lowest BCUT2D eigenvalue weighted by Gasteiger charge is -2.24. The van der Waals surface area contributed by atoms with Gasteiger partial charge in [0, 0.05) is 6.26 Å². The first-order valence-corrected chi connectivity index (χ1v) is 11.5. The molecule has 0 fully saturated rings. The maximum Gasteiger partial charge on any atom is 0.206 e. The van der Waals surface area contributed by atoms with Gasteiger partial charge in [0.1, 0.15) is 0 Å². The molecule has 0 radical (unpaired) electrons. The maximum absolute atomic E-state index is 12.9. The van der Waals surface area contributed by atoms with Gasteiger partial charge in [-0.15, -0.1) is 0 Å². The lowest BCUT2D eigenvalue weighted by Crippen LogP contribution is -2.18. The van der Waals surface area contributed by atoms with E-state index in [9.17, 15) is 16.8 Å². The number of nitrogens with two attached hydrogens (primary N) is 1. The highest BCUT2D eigenvalue weighted by atomic mass is 32.2. The van der Waals surface area contributed by atoms with Crippen LogP contribution in [-0.4, -0.2) is 29.6 Å². The number of benzene rings is 2. The third-order valence-electron chi connectivity index (χ3n) is 4.69. The Morgan fingerprint density at radius 1 is 1.00 bits per heavy atom. The molecule has 5 nitrogen and oxygen atoms in total. The van der Waals surface area contributed by atoms with Gasteiger partial charge >= 0.3 is 0 Å². The topological polar surface area (TPSA) is 94.3 Å². The summed E-state index contributed by atoms with van der Waals surface area (Å²) < 4.78 is 49.3. The van der Waals surface area contributed by atoms with E-state index in [0.29, 0.717) is 6.54 Å². The number of rotatable bonds is 4. The summed E-state index contributed by atoms with van der Waals surface area (Å²) in [7, 11) is -7.25. The predicted octanol–water partition coefficient (Wildman–Crippen LogP) is 2.30. The average Bonchev–Trinajstić information content (AvgIpc) is 2.60. The molecule has 1 atom stereocenters. The Balaban J connectivity index is 2.07. The summed E-state index contributed by atoms with van der Waals surface area (Å²) in [6.45, 7) is 0.551. The molecule has 1 aliphatic rings. The van der Waals surface area contributed by atoms with Crippen LogP contribution in [0, 0.1) is 0 Å². The van der Waals surface area contributed by atoms with E-state index in [1.807, 2.05) is 6.07 Å². The molecule has 7 heteroatoms. The Morgan fingerprint density at radius 3 is 2.36 bits per heavy atom. The van der Waals surface area contributed by atoms with Gasteiger partial charge in [0.15, 0.2) is 9.84 Å². The first-order chi connectivity index (χ1) is 11.7. The second-order valence-corrected chi connectivity index (χ2v) is 10.4. The number of fused-ring (bicyclic) bond motifs is 1. The van der Waals surface area contributed by atoms with Gasteiger partial charge in [-0.2, -0.15) is 0 Å². The molecule has 2 N–H and O–H groups in total. The minimum atomic E-state index is -3.78. The quantitative estimate of drug-likeness (QED) is 0.880. The summed E-state index contributed by atoms with van der Waals surface area (Å²) in [5, 5.41) is 0. The number of hydrogen-bond acceptors (Lipinski definition) is 5. The molecule has 1 aliphatic carbocycles. The molecular formula is C18H21NO4S2. The molecule has 0 aromatic heterocycles. The molecule has 0 saturated carbocycles. The minimum absolute atomic E-state index is 0.00488. The zero-order valence-corrected chi connectivity index (χ0v) is 15.6. The number of aryl methyl sites for hydroxylation is 1. The molecule has 0 unspecified atom stereocenters. The van der Waals surface area contributed by atoms with Crippen LogP contribution in [0.2, 0.25) is 0 Å². The first-order valence-electron chi connectivity index (χ1n) is 8.11. The van der Waals surface area contributed by atoms with Crippen LogP contribution in [0.15, 0.2) is 57.2 Å². The maximum atomic E-state index is 12.9. The predicted molar refractivity (Wildman–Crippen MR) is 96.2 cm³/mol. The van der Waals surface area contributed by atoms with Gasteiger partial charge in [0.2, 0.25) is 9.84 Å². The third kappa shape index (κ3) is 3.49. The van der Waals surface area contributed by atoms with E-state index in [2.05, 4.69) is 0 Å². The molecular weight excluding hydrogens is 358 g/mol. The van der Waals surface area contributed by atoms with Gasteiger partial charge in [0.05, 0.1) is 14.7 Å². The summed E-state index contributed by atoms with van der Waals surface area (Å²) in [6.07, 6.45) is 3.90. The Kier molecular flexibility index (Phi) is 4.74. The Hall–Kier alpha value is -1.70. The van der Waals surface area contributed by atoms with Crippen molar-refractivity contribution in [1.82, 2.24) is 0 Å². The summed E-state index contributed by atoms with van der Waals surface area (Å²) in [6, 6.07) is 10.6. The summed E-state index contributed by atoms with van der Waals surface area (Å²) in [5.74, 6) is 0.272. The average molecular weight is 380 g/mol. The molecule has 0 spiro atoms. The van der Waals surface area contributed by atoms with E-state index in [0.717, 1.165) is 36.6 Å². The molecule has 0 aliphatic heterocycles. The normalized spacial score (nSPS) is 17.9. The van der Waals surface area contributed by atoms with Crippen molar-refractivity contribution in [3.63, 3.8) is 0 Å². The monoisotopic (exact) mass is 379 g/mol. The van der Waals surface area contributed by atoms with Crippen LogP contribution < -0.4 is 5.73 Å². The van der Waals surface area contributed by atoms with E-state index in [1.54, 1.807) is 12.1 Å². The van der Waals surface area contributed by atoms with Crippen LogP contribution in [0.25, 0.3) is 0 Å². The smallest absolute Gasteiger partial charge is 0.206 e. The zero-order chi connectivity index (χ0) is 18.2. The van der Waals surface area contributed by atoms with Crippen LogP contribution in [0.4, 0.5) is 0 Å². The largest absolute Gasteiger partial charge is 0.330 e. The van der Waals surface area contributed by atoms with Crippen molar-refractivity contribution in [2.75, 3.05) is 12.8 Å². The molecule has 0 bridgehead atoms. The molecule has 2 aromatic rings. The molecule has 2 aromatic carbocycles.